The zero-order valence-corrected chi connectivity index (χ0v) is 23.8. The number of amides is 4. The number of hydrogen-bond acceptors (Lipinski definition) is 7. The van der Waals surface area contributed by atoms with Gasteiger partial charge in [-0.3, -0.25) is 19.4 Å². The van der Waals surface area contributed by atoms with E-state index in [4.69, 9.17) is 20.2 Å². The molecule has 3 aliphatic heterocycles. The number of hydrogen-bond donors (Lipinski definition) is 1. The maximum Gasteiger partial charge on any atom is 0.333 e. The SMILES string of the molecule is CC(C)C1C(=O)N(C2CC2)C(=O)N1c1cn2c(n1)-c1ccc(N3CC(OC(C)(C)C)C[C@H]3C(N)=O)cc1OCC2. The summed E-state index contributed by atoms with van der Waals surface area (Å²) in [6.07, 6.45) is 3.97. The minimum atomic E-state index is -0.575. The number of ether oxygens (including phenoxy) is 2. The Morgan fingerprint density at radius 3 is 2.58 bits per heavy atom. The molecule has 2 unspecified atom stereocenters. The number of nitrogens with zero attached hydrogens (tertiary/aromatic N) is 5. The molecule has 0 spiro atoms. The van der Waals surface area contributed by atoms with Crippen LogP contribution in [0.25, 0.3) is 11.4 Å². The van der Waals surface area contributed by atoms with Crippen molar-refractivity contribution in [2.75, 3.05) is 23.0 Å². The molecule has 214 valence electrons. The fourth-order valence-corrected chi connectivity index (χ4v) is 6.16. The van der Waals surface area contributed by atoms with Crippen molar-refractivity contribution in [1.29, 1.82) is 0 Å². The highest BCUT2D eigenvalue weighted by Crippen LogP contribution is 2.41. The van der Waals surface area contributed by atoms with Crippen LogP contribution in [-0.4, -0.2) is 75.3 Å². The van der Waals surface area contributed by atoms with E-state index in [1.807, 2.05) is 68.5 Å². The first-order chi connectivity index (χ1) is 18.9. The molecule has 0 bridgehead atoms. The van der Waals surface area contributed by atoms with Crippen LogP contribution < -0.4 is 20.3 Å². The largest absolute Gasteiger partial charge is 0.491 e. The maximum atomic E-state index is 13.4. The number of imide groups is 1. The minimum absolute atomic E-state index is 0.00227. The van der Waals surface area contributed by atoms with Crippen LogP contribution in [-0.2, 0) is 20.9 Å². The second kappa shape index (κ2) is 9.50. The number of urea groups is 1. The summed E-state index contributed by atoms with van der Waals surface area (Å²) >= 11 is 0. The van der Waals surface area contributed by atoms with E-state index < -0.39 is 12.1 Å². The van der Waals surface area contributed by atoms with Crippen molar-refractivity contribution in [3.63, 3.8) is 0 Å². The number of anilines is 2. The van der Waals surface area contributed by atoms with Crippen molar-refractivity contribution in [2.24, 2.45) is 11.7 Å². The molecule has 4 aliphatic rings. The van der Waals surface area contributed by atoms with Crippen LogP contribution in [0.1, 0.15) is 53.9 Å². The summed E-state index contributed by atoms with van der Waals surface area (Å²) in [4.78, 5) is 48.9. The molecule has 40 heavy (non-hydrogen) atoms. The maximum absolute atomic E-state index is 13.4. The number of nitrogens with two attached hydrogens (primary N) is 1. The van der Waals surface area contributed by atoms with Crippen molar-refractivity contribution >= 4 is 29.4 Å². The number of rotatable bonds is 6. The van der Waals surface area contributed by atoms with E-state index in [0.717, 1.165) is 24.1 Å². The predicted molar refractivity (Wildman–Crippen MR) is 149 cm³/mol. The van der Waals surface area contributed by atoms with Crippen LogP contribution >= 0.6 is 0 Å². The monoisotopic (exact) mass is 550 g/mol. The van der Waals surface area contributed by atoms with Crippen molar-refractivity contribution < 1.29 is 23.9 Å². The second-order valence-electron chi connectivity index (χ2n) is 12.6. The molecule has 0 radical (unpaired) electrons. The summed E-state index contributed by atoms with van der Waals surface area (Å²) in [7, 11) is 0. The molecule has 1 aliphatic carbocycles. The van der Waals surface area contributed by atoms with E-state index in [1.54, 1.807) is 4.90 Å². The molecule has 2 N–H and O–H groups in total. The summed E-state index contributed by atoms with van der Waals surface area (Å²) in [6, 6.07) is 4.46. The summed E-state index contributed by atoms with van der Waals surface area (Å²) in [5.41, 5.74) is 7.05. The number of primary amides is 1. The van der Waals surface area contributed by atoms with Crippen LogP contribution in [0.15, 0.2) is 24.4 Å². The molecule has 1 aromatic heterocycles. The molecule has 3 fully saturated rings. The predicted octanol–water partition coefficient (Wildman–Crippen LogP) is 3.15. The topological polar surface area (TPSA) is 123 Å². The van der Waals surface area contributed by atoms with E-state index in [9.17, 15) is 14.4 Å². The van der Waals surface area contributed by atoms with Gasteiger partial charge in [0.05, 0.1) is 23.8 Å². The van der Waals surface area contributed by atoms with E-state index in [2.05, 4.69) is 0 Å². The first-order valence-corrected chi connectivity index (χ1v) is 14.2. The number of carbonyl (C=O) groups is 3. The third-order valence-electron chi connectivity index (χ3n) is 7.97. The molecule has 6 rings (SSSR count). The first kappa shape index (κ1) is 26.6. The highest BCUT2D eigenvalue weighted by atomic mass is 16.5. The van der Waals surface area contributed by atoms with Gasteiger partial charge < -0.3 is 24.7 Å². The van der Waals surface area contributed by atoms with E-state index in [1.165, 1.54) is 4.90 Å². The Morgan fingerprint density at radius 1 is 1.18 bits per heavy atom. The van der Waals surface area contributed by atoms with Gasteiger partial charge in [0.25, 0.3) is 5.91 Å². The molecule has 4 heterocycles. The lowest BCUT2D eigenvalue weighted by Gasteiger charge is -2.26. The van der Waals surface area contributed by atoms with Crippen LogP contribution in [0.4, 0.5) is 16.3 Å². The Hall–Kier alpha value is -3.60. The number of fused-ring (bicyclic) bond motifs is 3. The molecule has 1 saturated carbocycles. The van der Waals surface area contributed by atoms with Gasteiger partial charge in [0, 0.05) is 37.0 Å². The van der Waals surface area contributed by atoms with Crippen LogP contribution in [0, 0.1) is 5.92 Å². The number of imidazole rings is 1. The fourth-order valence-electron chi connectivity index (χ4n) is 6.16. The summed E-state index contributed by atoms with van der Waals surface area (Å²) in [5, 5.41) is 0. The molecule has 4 amide bonds. The molecular formula is C29H38N6O5. The fraction of sp³-hybridized carbons (Fsp3) is 0.586. The third-order valence-corrected chi connectivity index (χ3v) is 7.97. The summed E-state index contributed by atoms with van der Waals surface area (Å²) in [6.45, 7) is 11.4. The lowest BCUT2D eigenvalue weighted by Crippen LogP contribution is -2.40. The van der Waals surface area contributed by atoms with Gasteiger partial charge in [-0.25, -0.2) is 9.78 Å². The van der Waals surface area contributed by atoms with Gasteiger partial charge in [0.1, 0.15) is 30.3 Å². The lowest BCUT2D eigenvalue weighted by molar-refractivity contribution is -0.128. The Kier molecular flexibility index (Phi) is 6.32. The molecule has 3 atom stereocenters. The second-order valence-corrected chi connectivity index (χ2v) is 12.6. The first-order valence-electron chi connectivity index (χ1n) is 14.2. The molecule has 1 aromatic carbocycles. The van der Waals surface area contributed by atoms with Gasteiger partial charge in [-0.1, -0.05) is 13.8 Å². The van der Waals surface area contributed by atoms with Gasteiger partial charge in [-0.15, -0.1) is 0 Å². The molecule has 2 saturated heterocycles. The van der Waals surface area contributed by atoms with Gasteiger partial charge in [0.15, 0.2) is 5.82 Å². The standard InChI is InChI=1S/C29H38N6O5/c1-16(2)24-27(37)34(17-6-7-17)28(38)35(24)23-15-32-10-11-39-22-12-18(8-9-20(22)26(32)31-23)33-14-19(40-29(3,4)5)13-21(33)25(30)36/h8-9,12,15-17,19,21,24H,6-7,10-11,13-14H2,1-5H3,(H2,30,36)/t19?,21-,24?/m0/s1. The Labute approximate surface area is 234 Å². The number of benzene rings is 1. The van der Waals surface area contributed by atoms with Crippen LogP contribution in [0.3, 0.4) is 0 Å². The Morgan fingerprint density at radius 2 is 1.93 bits per heavy atom. The van der Waals surface area contributed by atoms with Gasteiger partial charge in [-0.2, -0.15) is 0 Å². The third kappa shape index (κ3) is 4.59. The van der Waals surface area contributed by atoms with Crippen molar-refractivity contribution in [1.82, 2.24) is 14.5 Å². The normalized spacial score (nSPS) is 24.9. The molecule has 11 heteroatoms. The van der Waals surface area contributed by atoms with E-state index in [-0.39, 0.29) is 41.5 Å². The molecular weight excluding hydrogens is 512 g/mol. The highest BCUT2D eigenvalue weighted by molar-refractivity contribution is 6.14. The van der Waals surface area contributed by atoms with E-state index >= 15 is 0 Å². The lowest BCUT2D eigenvalue weighted by atomic mass is 10.0. The van der Waals surface area contributed by atoms with Crippen molar-refractivity contribution in [3.05, 3.63) is 24.4 Å². The summed E-state index contributed by atoms with van der Waals surface area (Å²) < 4.78 is 14.3. The van der Waals surface area contributed by atoms with Crippen molar-refractivity contribution in [3.8, 4) is 17.1 Å². The number of carbonyl (C=O) groups excluding carboxylic acids is 3. The van der Waals surface area contributed by atoms with E-state index in [0.29, 0.717) is 43.5 Å². The smallest absolute Gasteiger partial charge is 0.333 e. The Balaban J connectivity index is 1.32. The minimum Gasteiger partial charge on any atom is -0.491 e. The van der Waals surface area contributed by atoms with Crippen LogP contribution in [0.2, 0.25) is 0 Å². The molecule has 11 nitrogen and oxygen atoms in total. The number of aromatic nitrogens is 2. The quantitative estimate of drug-likeness (QED) is 0.548. The Bertz CT molecular complexity index is 1360. The average molecular weight is 551 g/mol. The van der Waals surface area contributed by atoms with Gasteiger partial charge in [-0.05, 0) is 51.7 Å². The zero-order valence-electron chi connectivity index (χ0n) is 23.8. The van der Waals surface area contributed by atoms with Gasteiger partial charge >= 0.3 is 6.03 Å². The summed E-state index contributed by atoms with van der Waals surface area (Å²) in [5.74, 6) is 1.21. The van der Waals surface area contributed by atoms with Crippen LogP contribution in [0.5, 0.6) is 5.75 Å². The molecule has 2 aromatic rings. The highest BCUT2D eigenvalue weighted by Gasteiger charge is 2.53. The average Bonchev–Trinajstić information content (AvgIpc) is 3.42. The van der Waals surface area contributed by atoms with Crippen molar-refractivity contribution in [2.45, 2.75) is 90.3 Å². The van der Waals surface area contributed by atoms with Gasteiger partial charge in [0.2, 0.25) is 5.91 Å². The zero-order chi connectivity index (χ0) is 28.5.